The quantitative estimate of drug-likeness (QED) is 0.335. The van der Waals surface area contributed by atoms with Crippen molar-refractivity contribution < 1.29 is 4.42 Å². The lowest BCUT2D eigenvalue weighted by Gasteiger charge is -2.12. The van der Waals surface area contributed by atoms with E-state index in [1.807, 2.05) is 25.3 Å². The van der Waals surface area contributed by atoms with Gasteiger partial charge in [0.1, 0.15) is 11.4 Å². The SMILES string of the molecule is Cc1ccccc1-n1c(-c2cccc3c2oc2c(C)nccc23)nc2ccccc21. The molecule has 4 heteroatoms. The predicted molar refractivity (Wildman–Crippen MR) is 121 cm³/mol. The second-order valence-corrected chi connectivity index (χ2v) is 7.60. The molecule has 0 unspecified atom stereocenters. The van der Waals surface area contributed by atoms with Gasteiger partial charge in [-0.3, -0.25) is 9.55 Å². The summed E-state index contributed by atoms with van der Waals surface area (Å²) < 4.78 is 8.60. The Morgan fingerprint density at radius 1 is 0.767 bits per heavy atom. The molecule has 4 nitrogen and oxygen atoms in total. The lowest BCUT2D eigenvalue weighted by Crippen LogP contribution is -2.00. The summed E-state index contributed by atoms with van der Waals surface area (Å²) in [5.41, 5.74) is 7.89. The maximum atomic E-state index is 6.37. The first-order valence-electron chi connectivity index (χ1n) is 10.0. The number of para-hydroxylation sites is 4. The molecule has 0 spiro atoms. The molecule has 0 aliphatic carbocycles. The van der Waals surface area contributed by atoms with Crippen LogP contribution in [0.1, 0.15) is 11.3 Å². The number of imidazole rings is 1. The van der Waals surface area contributed by atoms with E-state index in [4.69, 9.17) is 9.40 Å². The van der Waals surface area contributed by atoms with E-state index in [2.05, 4.69) is 77.1 Å². The first kappa shape index (κ1) is 17.0. The fourth-order valence-electron chi connectivity index (χ4n) is 4.30. The van der Waals surface area contributed by atoms with Crippen molar-refractivity contribution in [2.75, 3.05) is 0 Å². The van der Waals surface area contributed by atoms with Crippen molar-refractivity contribution in [3.63, 3.8) is 0 Å². The first-order valence-corrected chi connectivity index (χ1v) is 10.0. The van der Waals surface area contributed by atoms with Crippen LogP contribution in [0.2, 0.25) is 0 Å². The Hall–Kier alpha value is -3.92. The normalized spacial score (nSPS) is 11.7. The third kappa shape index (κ3) is 2.34. The van der Waals surface area contributed by atoms with Crippen LogP contribution in [0.15, 0.2) is 83.4 Å². The van der Waals surface area contributed by atoms with Crippen LogP contribution in [0.5, 0.6) is 0 Å². The van der Waals surface area contributed by atoms with Gasteiger partial charge >= 0.3 is 0 Å². The van der Waals surface area contributed by atoms with Crippen LogP contribution in [-0.2, 0) is 0 Å². The molecule has 0 saturated heterocycles. The number of hydrogen-bond donors (Lipinski definition) is 0. The zero-order valence-corrected chi connectivity index (χ0v) is 16.8. The number of fused-ring (bicyclic) bond motifs is 4. The van der Waals surface area contributed by atoms with Gasteiger partial charge in [0, 0.05) is 17.0 Å². The second kappa shape index (κ2) is 6.29. The zero-order chi connectivity index (χ0) is 20.2. The zero-order valence-electron chi connectivity index (χ0n) is 16.8. The van der Waals surface area contributed by atoms with Gasteiger partial charge in [0.05, 0.1) is 28.0 Å². The highest BCUT2D eigenvalue weighted by molar-refractivity contribution is 6.10. The van der Waals surface area contributed by atoms with Crippen LogP contribution in [-0.4, -0.2) is 14.5 Å². The molecule has 0 saturated carbocycles. The van der Waals surface area contributed by atoms with Gasteiger partial charge in [0.25, 0.3) is 0 Å². The number of pyridine rings is 1. The van der Waals surface area contributed by atoms with Crippen LogP contribution in [0.25, 0.3) is 50.0 Å². The number of nitrogens with zero attached hydrogens (tertiary/aromatic N) is 3. The van der Waals surface area contributed by atoms with Crippen molar-refractivity contribution in [2.45, 2.75) is 13.8 Å². The minimum absolute atomic E-state index is 0.832. The average Bonchev–Trinajstić information content (AvgIpc) is 3.34. The maximum absolute atomic E-state index is 6.37. The summed E-state index contributed by atoms with van der Waals surface area (Å²) in [4.78, 5) is 9.43. The van der Waals surface area contributed by atoms with E-state index >= 15 is 0 Å². The molecule has 0 fully saturated rings. The maximum Gasteiger partial charge on any atom is 0.156 e. The summed E-state index contributed by atoms with van der Waals surface area (Å²) in [6.07, 6.45) is 1.84. The molecule has 0 aliphatic rings. The molecule has 0 bridgehead atoms. The topological polar surface area (TPSA) is 43.9 Å². The van der Waals surface area contributed by atoms with Crippen molar-refractivity contribution in [1.29, 1.82) is 0 Å². The molecule has 3 aromatic heterocycles. The number of furan rings is 1. The monoisotopic (exact) mass is 389 g/mol. The van der Waals surface area contributed by atoms with E-state index in [0.717, 1.165) is 55.7 Å². The van der Waals surface area contributed by atoms with Gasteiger partial charge in [0.15, 0.2) is 5.58 Å². The van der Waals surface area contributed by atoms with Crippen molar-refractivity contribution in [3.05, 3.63) is 90.3 Å². The second-order valence-electron chi connectivity index (χ2n) is 7.60. The van der Waals surface area contributed by atoms with E-state index in [-0.39, 0.29) is 0 Å². The molecular formula is C26H19N3O. The lowest BCUT2D eigenvalue weighted by molar-refractivity contribution is 0.663. The molecule has 3 aromatic carbocycles. The molecule has 144 valence electrons. The van der Waals surface area contributed by atoms with Gasteiger partial charge in [-0.05, 0) is 49.7 Å². The van der Waals surface area contributed by atoms with Crippen molar-refractivity contribution in [2.24, 2.45) is 0 Å². The number of aromatic nitrogens is 3. The number of aryl methyl sites for hydroxylation is 2. The minimum atomic E-state index is 0.832. The molecule has 30 heavy (non-hydrogen) atoms. The lowest BCUT2D eigenvalue weighted by atomic mass is 10.1. The molecule has 0 N–H and O–H groups in total. The standard InChI is InChI=1S/C26H19N3O/c1-16-8-3-5-12-22(16)29-23-13-6-4-11-21(23)28-26(29)20-10-7-9-18-19-14-15-27-17(2)24(19)30-25(18)20/h3-15H,1-2H3. The van der Waals surface area contributed by atoms with Crippen molar-refractivity contribution >= 4 is 33.0 Å². The van der Waals surface area contributed by atoms with Gasteiger partial charge in [-0.25, -0.2) is 4.98 Å². The molecule has 0 aliphatic heterocycles. The first-order chi connectivity index (χ1) is 14.7. The minimum Gasteiger partial charge on any atom is -0.453 e. The van der Waals surface area contributed by atoms with Crippen molar-refractivity contribution in [1.82, 2.24) is 14.5 Å². The van der Waals surface area contributed by atoms with E-state index in [9.17, 15) is 0 Å². The molecule has 0 amide bonds. The Morgan fingerprint density at radius 3 is 2.47 bits per heavy atom. The van der Waals surface area contributed by atoms with E-state index in [1.54, 1.807) is 0 Å². The number of rotatable bonds is 2. The van der Waals surface area contributed by atoms with Gasteiger partial charge in [-0.1, -0.05) is 42.5 Å². The van der Waals surface area contributed by atoms with E-state index < -0.39 is 0 Å². The highest BCUT2D eigenvalue weighted by atomic mass is 16.3. The molecule has 6 rings (SSSR count). The summed E-state index contributed by atoms with van der Waals surface area (Å²) in [5.74, 6) is 0.876. The van der Waals surface area contributed by atoms with Gasteiger partial charge in [0.2, 0.25) is 0 Å². The van der Waals surface area contributed by atoms with Crippen LogP contribution in [0.4, 0.5) is 0 Å². The Morgan fingerprint density at radius 2 is 1.57 bits per heavy atom. The summed E-state index contributed by atoms with van der Waals surface area (Å²) in [6.45, 7) is 4.11. The highest BCUT2D eigenvalue weighted by Gasteiger charge is 2.20. The highest BCUT2D eigenvalue weighted by Crippen LogP contribution is 2.38. The number of hydrogen-bond acceptors (Lipinski definition) is 3. The predicted octanol–water partition coefficient (Wildman–Crippen LogP) is 6.60. The third-order valence-corrected chi connectivity index (χ3v) is 5.75. The van der Waals surface area contributed by atoms with Crippen LogP contribution in [0.3, 0.4) is 0 Å². The van der Waals surface area contributed by atoms with E-state index in [0.29, 0.717) is 0 Å². The van der Waals surface area contributed by atoms with Crippen molar-refractivity contribution in [3.8, 4) is 17.1 Å². The van der Waals surface area contributed by atoms with Crippen LogP contribution in [0, 0.1) is 13.8 Å². The van der Waals surface area contributed by atoms with Crippen LogP contribution >= 0.6 is 0 Å². The Balaban J connectivity index is 1.76. The Labute approximate surface area is 173 Å². The fourth-order valence-corrected chi connectivity index (χ4v) is 4.30. The summed E-state index contributed by atoms with van der Waals surface area (Å²) >= 11 is 0. The van der Waals surface area contributed by atoms with Gasteiger partial charge in [-0.2, -0.15) is 0 Å². The Kier molecular flexibility index (Phi) is 3.56. The number of benzene rings is 3. The van der Waals surface area contributed by atoms with Crippen LogP contribution < -0.4 is 0 Å². The molecular weight excluding hydrogens is 370 g/mol. The average molecular weight is 389 g/mol. The summed E-state index contributed by atoms with van der Waals surface area (Å²) in [5, 5.41) is 2.16. The molecule has 3 heterocycles. The fraction of sp³-hybridized carbons (Fsp3) is 0.0769. The van der Waals surface area contributed by atoms with E-state index in [1.165, 1.54) is 5.56 Å². The summed E-state index contributed by atoms with van der Waals surface area (Å²) in [6, 6.07) is 24.9. The Bertz CT molecular complexity index is 1570. The molecule has 0 radical (unpaired) electrons. The van der Waals surface area contributed by atoms with Gasteiger partial charge < -0.3 is 4.42 Å². The van der Waals surface area contributed by atoms with Gasteiger partial charge in [-0.15, -0.1) is 0 Å². The summed E-state index contributed by atoms with van der Waals surface area (Å²) in [7, 11) is 0. The molecule has 0 atom stereocenters. The smallest absolute Gasteiger partial charge is 0.156 e. The largest absolute Gasteiger partial charge is 0.453 e. The molecule has 6 aromatic rings. The third-order valence-electron chi connectivity index (χ3n) is 5.75.